The van der Waals surface area contributed by atoms with E-state index in [-0.39, 0.29) is 30.5 Å². The molecule has 3 atom stereocenters. The lowest BCUT2D eigenvalue weighted by molar-refractivity contribution is -0.123. The normalized spacial score (nSPS) is 18.4. The van der Waals surface area contributed by atoms with E-state index in [0.717, 1.165) is 24.8 Å². The van der Waals surface area contributed by atoms with E-state index in [1.54, 1.807) is 48.8 Å². The molecule has 3 aromatic rings. The van der Waals surface area contributed by atoms with E-state index in [4.69, 9.17) is 0 Å². The van der Waals surface area contributed by atoms with Gasteiger partial charge in [-0.3, -0.25) is 4.79 Å². The van der Waals surface area contributed by atoms with Crippen LogP contribution >= 0.6 is 0 Å². The van der Waals surface area contributed by atoms with E-state index in [1.807, 2.05) is 0 Å². The Balaban J connectivity index is 1.36. The summed E-state index contributed by atoms with van der Waals surface area (Å²) in [6, 6.07) is 13.3. The molecular formula is C26H27F2N3O4. The molecule has 4 rings (SSSR count). The molecule has 0 saturated heterocycles. The van der Waals surface area contributed by atoms with Crippen molar-refractivity contribution in [3.8, 4) is 16.9 Å². The molecule has 3 unspecified atom stereocenters. The van der Waals surface area contributed by atoms with Gasteiger partial charge in [-0.1, -0.05) is 30.7 Å². The molecule has 0 aliphatic heterocycles. The Labute approximate surface area is 201 Å². The van der Waals surface area contributed by atoms with Gasteiger partial charge in [0.2, 0.25) is 5.95 Å². The van der Waals surface area contributed by atoms with Gasteiger partial charge in [0, 0.05) is 30.1 Å². The van der Waals surface area contributed by atoms with Gasteiger partial charge in [-0.05, 0) is 54.2 Å². The Kier molecular flexibility index (Phi) is 7.99. The topological polar surface area (TPSA) is 105 Å². The third-order valence-corrected chi connectivity index (χ3v) is 6.29. The number of ether oxygens (including phenoxy) is 1. The number of aliphatic hydroxyl groups excluding tert-OH is 2. The molecule has 7 nitrogen and oxygen atoms in total. The number of carbonyl (C=O) groups is 1. The van der Waals surface area contributed by atoms with E-state index in [9.17, 15) is 23.8 Å². The van der Waals surface area contributed by atoms with Crippen LogP contribution in [-0.2, 0) is 4.79 Å². The number of ketones is 1. The number of nitrogens with one attached hydrogen (secondary N) is 1. The summed E-state index contributed by atoms with van der Waals surface area (Å²) in [7, 11) is 0. The van der Waals surface area contributed by atoms with Crippen molar-refractivity contribution in [1.82, 2.24) is 9.97 Å². The number of alkyl halides is 2. The summed E-state index contributed by atoms with van der Waals surface area (Å²) >= 11 is 0. The molecule has 1 saturated carbocycles. The minimum Gasteiger partial charge on any atom is -0.435 e. The van der Waals surface area contributed by atoms with E-state index in [1.165, 1.54) is 12.1 Å². The number of anilines is 2. The second-order valence-corrected chi connectivity index (χ2v) is 8.61. The first-order chi connectivity index (χ1) is 16.9. The largest absolute Gasteiger partial charge is 0.435 e. The summed E-state index contributed by atoms with van der Waals surface area (Å²) in [5, 5.41) is 22.9. The van der Waals surface area contributed by atoms with E-state index < -0.39 is 18.6 Å². The van der Waals surface area contributed by atoms with Gasteiger partial charge in [-0.15, -0.1) is 0 Å². The highest BCUT2D eigenvalue weighted by atomic mass is 19.3. The zero-order valence-corrected chi connectivity index (χ0v) is 19.0. The number of halogens is 2. The van der Waals surface area contributed by atoms with Gasteiger partial charge >= 0.3 is 6.61 Å². The van der Waals surface area contributed by atoms with Gasteiger partial charge in [-0.2, -0.15) is 8.78 Å². The summed E-state index contributed by atoms with van der Waals surface area (Å²) in [5.41, 5.74) is 2.90. The SMILES string of the molecule is O=C(CC1CCCC1O)C(CO)c1ccc(Nc2ncc(-c3ccc(OC(F)F)cc3)cn2)cc1. The summed E-state index contributed by atoms with van der Waals surface area (Å²) < 4.78 is 28.9. The zero-order valence-electron chi connectivity index (χ0n) is 19.0. The molecular weight excluding hydrogens is 456 g/mol. The average molecular weight is 484 g/mol. The minimum absolute atomic E-state index is 0.0264. The Morgan fingerprint density at radius 3 is 2.29 bits per heavy atom. The van der Waals surface area contributed by atoms with Crippen LogP contribution in [0.3, 0.4) is 0 Å². The molecule has 1 heterocycles. The van der Waals surface area contributed by atoms with E-state index in [2.05, 4.69) is 20.0 Å². The number of aromatic nitrogens is 2. The summed E-state index contributed by atoms with van der Waals surface area (Å²) in [5.74, 6) is -0.268. The summed E-state index contributed by atoms with van der Waals surface area (Å²) in [6.07, 6.45) is 5.56. The van der Waals surface area contributed by atoms with E-state index >= 15 is 0 Å². The highest BCUT2D eigenvalue weighted by molar-refractivity contribution is 5.86. The van der Waals surface area contributed by atoms with Crippen molar-refractivity contribution in [3.63, 3.8) is 0 Å². The number of hydrogen-bond donors (Lipinski definition) is 3. The molecule has 0 spiro atoms. The highest BCUT2D eigenvalue weighted by Crippen LogP contribution is 2.31. The molecule has 184 valence electrons. The maximum Gasteiger partial charge on any atom is 0.387 e. The fourth-order valence-corrected chi connectivity index (χ4v) is 4.35. The zero-order chi connectivity index (χ0) is 24.8. The number of hydrogen-bond acceptors (Lipinski definition) is 7. The highest BCUT2D eigenvalue weighted by Gasteiger charge is 2.30. The summed E-state index contributed by atoms with van der Waals surface area (Å²) in [4.78, 5) is 21.3. The monoisotopic (exact) mass is 483 g/mol. The lowest BCUT2D eigenvalue weighted by Crippen LogP contribution is -2.23. The molecule has 1 aliphatic carbocycles. The first kappa shape index (κ1) is 24.7. The smallest absolute Gasteiger partial charge is 0.387 e. The number of nitrogens with zero attached hydrogens (tertiary/aromatic N) is 2. The fraction of sp³-hybridized carbons (Fsp3) is 0.346. The Morgan fingerprint density at radius 2 is 1.71 bits per heavy atom. The Bertz CT molecular complexity index is 1110. The standard InChI is InChI=1S/C26H27F2N3O4/c27-25(28)35-21-10-6-16(7-11-21)19-13-29-26(30-14-19)31-20-8-4-17(5-9-20)22(15-32)24(34)12-18-2-1-3-23(18)33/h4-11,13-14,18,22-23,25,32-33H,1-3,12,15H2,(H,29,30,31). The number of benzene rings is 2. The number of rotatable bonds is 10. The van der Waals surface area contributed by atoms with Crippen LogP contribution in [0.2, 0.25) is 0 Å². The quantitative estimate of drug-likeness (QED) is 0.384. The van der Waals surface area contributed by atoms with Crippen molar-refractivity contribution in [2.45, 2.75) is 44.3 Å². The maximum atomic E-state index is 12.7. The maximum absolute atomic E-state index is 12.7. The molecule has 0 amide bonds. The van der Waals surface area contributed by atoms with Crippen molar-refractivity contribution in [2.24, 2.45) is 5.92 Å². The number of aliphatic hydroxyl groups is 2. The summed E-state index contributed by atoms with van der Waals surface area (Å²) in [6.45, 7) is -3.15. The molecule has 9 heteroatoms. The number of carbonyl (C=O) groups excluding carboxylic acids is 1. The van der Waals surface area contributed by atoms with Crippen molar-refractivity contribution < 1.29 is 28.5 Å². The molecule has 1 aliphatic rings. The van der Waals surface area contributed by atoms with Crippen LogP contribution in [0.15, 0.2) is 60.9 Å². The van der Waals surface area contributed by atoms with Gasteiger partial charge < -0.3 is 20.3 Å². The van der Waals surface area contributed by atoms with Gasteiger partial charge in [0.25, 0.3) is 0 Å². The van der Waals surface area contributed by atoms with Crippen molar-refractivity contribution in [3.05, 3.63) is 66.5 Å². The predicted octanol–water partition coefficient (Wildman–Crippen LogP) is 4.68. The molecule has 3 N–H and O–H groups in total. The van der Waals surface area contributed by atoms with Gasteiger partial charge in [0.1, 0.15) is 11.5 Å². The molecule has 1 aromatic heterocycles. The first-order valence-electron chi connectivity index (χ1n) is 11.5. The molecule has 0 bridgehead atoms. The van der Waals surface area contributed by atoms with Crippen LogP contribution in [0.25, 0.3) is 11.1 Å². The van der Waals surface area contributed by atoms with E-state index in [0.29, 0.717) is 22.8 Å². The Hall–Kier alpha value is -3.43. The molecule has 35 heavy (non-hydrogen) atoms. The second kappa shape index (κ2) is 11.3. The van der Waals surface area contributed by atoms with Crippen LogP contribution in [-0.4, -0.2) is 45.3 Å². The van der Waals surface area contributed by atoms with Crippen molar-refractivity contribution in [2.75, 3.05) is 11.9 Å². The average Bonchev–Trinajstić information content (AvgIpc) is 3.25. The van der Waals surface area contributed by atoms with Gasteiger partial charge in [0.15, 0.2) is 0 Å². The van der Waals surface area contributed by atoms with Crippen LogP contribution < -0.4 is 10.1 Å². The first-order valence-corrected chi connectivity index (χ1v) is 11.5. The minimum atomic E-state index is -2.87. The van der Waals surface area contributed by atoms with Gasteiger partial charge in [0.05, 0.1) is 18.6 Å². The van der Waals surface area contributed by atoms with Gasteiger partial charge in [-0.25, -0.2) is 9.97 Å². The number of Topliss-reactive ketones (excluding diaryl/α,β-unsaturated/α-hetero) is 1. The third kappa shape index (κ3) is 6.37. The van der Waals surface area contributed by atoms with Crippen LogP contribution in [0, 0.1) is 5.92 Å². The molecule has 0 radical (unpaired) electrons. The van der Waals surface area contributed by atoms with Crippen LogP contribution in [0.5, 0.6) is 5.75 Å². The van der Waals surface area contributed by atoms with Crippen LogP contribution in [0.4, 0.5) is 20.4 Å². The predicted molar refractivity (Wildman–Crippen MR) is 127 cm³/mol. The lowest BCUT2D eigenvalue weighted by Gasteiger charge is -2.18. The van der Waals surface area contributed by atoms with Crippen molar-refractivity contribution >= 4 is 17.4 Å². The second-order valence-electron chi connectivity index (χ2n) is 8.61. The fourth-order valence-electron chi connectivity index (χ4n) is 4.35. The molecule has 2 aromatic carbocycles. The van der Waals surface area contributed by atoms with Crippen molar-refractivity contribution in [1.29, 1.82) is 0 Å². The molecule has 1 fully saturated rings. The van der Waals surface area contributed by atoms with Crippen LogP contribution in [0.1, 0.15) is 37.2 Å². The lowest BCUT2D eigenvalue weighted by atomic mass is 9.88. The third-order valence-electron chi connectivity index (χ3n) is 6.29. The Morgan fingerprint density at radius 1 is 1.03 bits per heavy atom.